The third kappa shape index (κ3) is 2.18. The summed E-state index contributed by atoms with van der Waals surface area (Å²) in [6, 6.07) is 9.74. The number of nitrogen functional groups attached to an aromatic ring is 1. The highest BCUT2D eigenvalue weighted by Gasteiger charge is 2.09. The second-order valence-electron chi connectivity index (χ2n) is 4.56. The van der Waals surface area contributed by atoms with Crippen molar-refractivity contribution in [2.45, 2.75) is 6.92 Å². The van der Waals surface area contributed by atoms with Gasteiger partial charge in [0.15, 0.2) is 5.82 Å². The number of aryl methyl sites for hydroxylation is 1. The summed E-state index contributed by atoms with van der Waals surface area (Å²) in [4.78, 5) is 8.64. The Morgan fingerprint density at radius 1 is 1.10 bits per heavy atom. The van der Waals surface area contributed by atoms with Gasteiger partial charge in [-0.2, -0.15) is 0 Å². The van der Waals surface area contributed by atoms with E-state index in [9.17, 15) is 4.39 Å². The number of anilines is 1. The SMILES string of the molecule is Cc1cc(-c2nc(N)c3ccc(F)cc3n2)ccc1Cl. The molecule has 0 fully saturated rings. The number of hydrogen-bond acceptors (Lipinski definition) is 3. The maximum Gasteiger partial charge on any atom is 0.162 e. The summed E-state index contributed by atoms with van der Waals surface area (Å²) >= 11 is 6.00. The lowest BCUT2D eigenvalue weighted by Gasteiger charge is -2.07. The molecule has 3 aromatic rings. The standard InChI is InChI=1S/C15H11ClFN3/c1-8-6-9(2-5-12(8)16)15-19-13-7-10(17)3-4-11(13)14(18)20-15/h2-7H,1H3,(H2,18,19,20). The number of benzene rings is 2. The van der Waals surface area contributed by atoms with Crippen molar-refractivity contribution in [3.05, 3.63) is 52.8 Å². The van der Waals surface area contributed by atoms with E-state index in [1.807, 2.05) is 19.1 Å². The number of nitrogens with zero attached hydrogens (tertiary/aromatic N) is 2. The van der Waals surface area contributed by atoms with E-state index in [0.29, 0.717) is 27.6 Å². The Morgan fingerprint density at radius 3 is 2.65 bits per heavy atom. The normalized spacial score (nSPS) is 10.9. The van der Waals surface area contributed by atoms with Crippen LogP contribution in [0.3, 0.4) is 0 Å². The molecule has 0 saturated heterocycles. The molecule has 0 bridgehead atoms. The molecule has 0 amide bonds. The van der Waals surface area contributed by atoms with Crippen molar-refractivity contribution in [1.29, 1.82) is 0 Å². The molecule has 0 unspecified atom stereocenters. The van der Waals surface area contributed by atoms with Crippen molar-refractivity contribution in [2.75, 3.05) is 5.73 Å². The summed E-state index contributed by atoms with van der Waals surface area (Å²) in [5.41, 5.74) is 8.12. The molecule has 3 rings (SSSR count). The predicted molar refractivity (Wildman–Crippen MR) is 79.1 cm³/mol. The fourth-order valence-electron chi connectivity index (χ4n) is 2.04. The average molecular weight is 288 g/mol. The Kier molecular flexibility index (Phi) is 3.03. The van der Waals surface area contributed by atoms with Gasteiger partial charge in [-0.25, -0.2) is 14.4 Å². The van der Waals surface area contributed by atoms with Crippen LogP contribution < -0.4 is 5.73 Å². The molecular formula is C15H11ClFN3. The van der Waals surface area contributed by atoms with E-state index in [-0.39, 0.29) is 5.82 Å². The van der Waals surface area contributed by atoms with Gasteiger partial charge in [0.25, 0.3) is 0 Å². The Labute approximate surface area is 120 Å². The smallest absolute Gasteiger partial charge is 0.162 e. The highest BCUT2D eigenvalue weighted by Crippen LogP contribution is 2.26. The monoisotopic (exact) mass is 287 g/mol. The van der Waals surface area contributed by atoms with Gasteiger partial charge in [0, 0.05) is 22.0 Å². The van der Waals surface area contributed by atoms with E-state index in [4.69, 9.17) is 17.3 Å². The molecule has 2 N–H and O–H groups in total. The van der Waals surface area contributed by atoms with Gasteiger partial charge in [-0.15, -0.1) is 0 Å². The van der Waals surface area contributed by atoms with Crippen molar-refractivity contribution in [3.8, 4) is 11.4 Å². The molecule has 0 aliphatic carbocycles. The van der Waals surface area contributed by atoms with E-state index >= 15 is 0 Å². The largest absolute Gasteiger partial charge is 0.383 e. The number of rotatable bonds is 1. The zero-order chi connectivity index (χ0) is 14.3. The fourth-order valence-corrected chi connectivity index (χ4v) is 2.16. The van der Waals surface area contributed by atoms with Crippen molar-refractivity contribution >= 4 is 28.3 Å². The molecule has 0 spiro atoms. The van der Waals surface area contributed by atoms with Gasteiger partial charge in [0.05, 0.1) is 5.52 Å². The number of halogens is 2. The van der Waals surface area contributed by atoms with Gasteiger partial charge in [-0.05, 0) is 42.8 Å². The van der Waals surface area contributed by atoms with Gasteiger partial charge in [-0.3, -0.25) is 0 Å². The number of fused-ring (bicyclic) bond motifs is 1. The molecular weight excluding hydrogens is 277 g/mol. The quantitative estimate of drug-likeness (QED) is 0.736. The Hall–Kier alpha value is -2.20. The minimum absolute atomic E-state index is 0.331. The average Bonchev–Trinajstić information content (AvgIpc) is 2.41. The van der Waals surface area contributed by atoms with E-state index in [2.05, 4.69) is 9.97 Å². The molecule has 0 radical (unpaired) electrons. The Morgan fingerprint density at radius 2 is 1.90 bits per heavy atom. The summed E-state index contributed by atoms with van der Waals surface area (Å²) in [7, 11) is 0. The molecule has 0 atom stereocenters. The van der Waals surface area contributed by atoms with Crippen LogP contribution in [0.5, 0.6) is 0 Å². The summed E-state index contributed by atoms with van der Waals surface area (Å²) < 4.78 is 13.3. The minimum atomic E-state index is -0.353. The Balaban J connectivity index is 2.23. The zero-order valence-electron chi connectivity index (χ0n) is 10.7. The summed E-state index contributed by atoms with van der Waals surface area (Å²) in [6.07, 6.45) is 0. The van der Waals surface area contributed by atoms with Crippen LogP contribution in [0.2, 0.25) is 5.02 Å². The van der Waals surface area contributed by atoms with Crippen molar-refractivity contribution in [3.63, 3.8) is 0 Å². The molecule has 0 saturated carbocycles. The molecule has 3 nitrogen and oxygen atoms in total. The molecule has 0 aliphatic rings. The van der Waals surface area contributed by atoms with E-state index in [1.54, 1.807) is 12.1 Å². The lowest BCUT2D eigenvalue weighted by Crippen LogP contribution is -1.98. The number of nitrogens with two attached hydrogens (primary N) is 1. The fraction of sp³-hybridized carbons (Fsp3) is 0.0667. The van der Waals surface area contributed by atoms with E-state index in [0.717, 1.165) is 11.1 Å². The maximum atomic E-state index is 13.3. The van der Waals surface area contributed by atoms with Crippen LogP contribution in [0.1, 0.15) is 5.56 Å². The molecule has 2 aromatic carbocycles. The molecule has 100 valence electrons. The van der Waals surface area contributed by atoms with Crippen LogP contribution in [0.15, 0.2) is 36.4 Å². The Bertz CT molecular complexity index is 818. The first-order valence-electron chi connectivity index (χ1n) is 6.04. The first kappa shape index (κ1) is 12.8. The number of hydrogen-bond donors (Lipinski definition) is 1. The van der Waals surface area contributed by atoms with Gasteiger partial charge < -0.3 is 5.73 Å². The third-order valence-electron chi connectivity index (χ3n) is 3.10. The van der Waals surface area contributed by atoms with Crippen molar-refractivity contribution < 1.29 is 4.39 Å². The van der Waals surface area contributed by atoms with Crippen LogP contribution in [-0.4, -0.2) is 9.97 Å². The first-order chi connectivity index (χ1) is 9.54. The predicted octanol–water partition coefficient (Wildman–Crippen LogP) is 3.98. The third-order valence-corrected chi connectivity index (χ3v) is 3.53. The molecule has 1 heterocycles. The first-order valence-corrected chi connectivity index (χ1v) is 6.42. The molecule has 1 aromatic heterocycles. The molecule has 5 heteroatoms. The summed E-state index contributed by atoms with van der Waals surface area (Å²) in [6.45, 7) is 1.90. The van der Waals surface area contributed by atoms with Crippen LogP contribution in [0.4, 0.5) is 10.2 Å². The summed E-state index contributed by atoms with van der Waals surface area (Å²) in [5.74, 6) is 0.437. The number of aromatic nitrogens is 2. The maximum absolute atomic E-state index is 13.3. The van der Waals surface area contributed by atoms with Crippen LogP contribution in [0, 0.1) is 12.7 Å². The second-order valence-corrected chi connectivity index (χ2v) is 4.97. The second kappa shape index (κ2) is 4.72. The lowest BCUT2D eigenvalue weighted by molar-refractivity contribution is 0.629. The van der Waals surface area contributed by atoms with Crippen LogP contribution >= 0.6 is 11.6 Å². The van der Waals surface area contributed by atoms with E-state index in [1.165, 1.54) is 12.1 Å². The van der Waals surface area contributed by atoms with Crippen LogP contribution in [0.25, 0.3) is 22.3 Å². The highest BCUT2D eigenvalue weighted by molar-refractivity contribution is 6.31. The van der Waals surface area contributed by atoms with Gasteiger partial charge in [-0.1, -0.05) is 11.6 Å². The summed E-state index contributed by atoms with van der Waals surface area (Å²) in [5, 5.41) is 1.31. The van der Waals surface area contributed by atoms with Gasteiger partial charge in [0.2, 0.25) is 0 Å². The molecule has 20 heavy (non-hydrogen) atoms. The minimum Gasteiger partial charge on any atom is -0.383 e. The van der Waals surface area contributed by atoms with Crippen molar-refractivity contribution in [1.82, 2.24) is 9.97 Å². The highest BCUT2D eigenvalue weighted by atomic mass is 35.5. The topological polar surface area (TPSA) is 51.8 Å². The van der Waals surface area contributed by atoms with Gasteiger partial charge in [0.1, 0.15) is 11.6 Å². The van der Waals surface area contributed by atoms with Crippen molar-refractivity contribution in [2.24, 2.45) is 0 Å². The van der Waals surface area contributed by atoms with Crippen LogP contribution in [-0.2, 0) is 0 Å². The molecule has 0 aliphatic heterocycles. The van der Waals surface area contributed by atoms with E-state index < -0.39 is 0 Å². The zero-order valence-corrected chi connectivity index (χ0v) is 11.4. The van der Waals surface area contributed by atoms with Gasteiger partial charge >= 0.3 is 0 Å². The lowest BCUT2D eigenvalue weighted by atomic mass is 10.1.